The van der Waals surface area contributed by atoms with Crippen molar-refractivity contribution in [3.63, 3.8) is 0 Å². The molecule has 1 atom stereocenters. The highest BCUT2D eigenvalue weighted by atomic mass is 16.2. The maximum absolute atomic E-state index is 12.8. The molecule has 4 aromatic rings. The highest BCUT2D eigenvalue weighted by Gasteiger charge is 2.17. The number of amides is 1. The molecule has 0 fully saturated rings. The van der Waals surface area contributed by atoms with Gasteiger partial charge in [0.15, 0.2) is 0 Å². The third-order valence-electron chi connectivity index (χ3n) is 4.24. The van der Waals surface area contributed by atoms with Crippen LogP contribution >= 0.6 is 0 Å². The molecule has 4 rings (SSSR count). The Morgan fingerprint density at radius 2 is 1.92 bits per heavy atom. The molecule has 0 bridgehead atoms. The SMILES string of the molecule is O=C(N[C@@H](Cn1ccnc1)c1ccccc1)c1ccc2[nH]c(=O)[nH]c2c1. The van der Waals surface area contributed by atoms with E-state index in [9.17, 15) is 9.59 Å². The zero-order chi connectivity index (χ0) is 17.9. The van der Waals surface area contributed by atoms with Crippen molar-refractivity contribution in [2.45, 2.75) is 12.6 Å². The van der Waals surface area contributed by atoms with Crippen molar-refractivity contribution in [3.8, 4) is 0 Å². The number of nitrogens with one attached hydrogen (secondary N) is 3. The van der Waals surface area contributed by atoms with Crippen molar-refractivity contribution >= 4 is 16.9 Å². The molecule has 0 saturated carbocycles. The average Bonchev–Trinajstić information content (AvgIpc) is 3.29. The lowest BCUT2D eigenvalue weighted by atomic mass is 10.1. The van der Waals surface area contributed by atoms with Gasteiger partial charge in [-0.25, -0.2) is 9.78 Å². The van der Waals surface area contributed by atoms with Crippen LogP contribution in [0.5, 0.6) is 0 Å². The van der Waals surface area contributed by atoms with E-state index in [-0.39, 0.29) is 17.6 Å². The number of hydrogen-bond donors (Lipinski definition) is 3. The lowest BCUT2D eigenvalue weighted by molar-refractivity contribution is 0.0933. The average molecular weight is 347 g/mol. The molecule has 130 valence electrons. The van der Waals surface area contributed by atoms with Crippen LogP contribution in [0.15, 0.2) is 72.0 Å². The molecule has 0 unspecified atom stereocenters. The van der Waals surface area contributed by atoms with Crippen LogP contribution in [0.2, 0.25) is 0 Å². The smallest absolute Gasteiger partial charge is 0.323 e. The minimum absolute atomic E-state index is 0.206. The van der Waals surface area contributed by atoms with Crippen molar-refractivity contribution in [1.82, 2.24) is 24.8 Å². The number of rotatable bonds is 5. The first-order valence-corrected chi connectivity index (χ1v) is 8.22. The summed E-state index contributed by atoms with van der Waals surface area (Å²) in [4.78, 5) is 33.6. The number of carbonyl (C=O) groups is 1. The lowest BCUT2D eigenvalue weighted by Crippen LogP contribution is -2.31. The highest BCUT2D eigenvalue weighted by molar-refractivity contribution is 5.97. The van der Waals surface area contributed by atoms with E-state index in [0.717, 1.165) is 5.56 Å². The molecule has 0 spiro atoms. The van der Waals surface area contributed by atoms with Gasteiger partial charge in [0, 0.05) is 24.5 Å². The van der Waals surface area contributed by atoms with Crippen LogP contribution in [0.25, 0.3) is 11.0 Å². The second-order valence-electron chi connectivity index (χ2n) is 6.04. The van der Waals surface area contributed by atoms with Gasteiger partial charge in [0.1, 0.15) is 0 Å². The molecule has 0 aliphatic carbocycles. The summed E-state index contributed by atoms with van der Waals surface area (Å²) in [5, 5.41) is 3.07. The molecule has 7 heteroatoms. The number of fused-ring (bicyclic) bond motifs is 1. The maximum atomic E-state index is 12.8. The van der Waals surface area contributed by atoms with Crippen molar-refractivity contribution in [2.24, 2.45) is 0 Å². The number of H-pyrrole nitrogens is 2. The molecule has 0 aliphatic rings. The quantitative estimate of drug-likeness (QED) is 0.516. The van der Waals surface area contributed by atoms with Gasteiger partial charge in [-0.05, 0) is 23.8 Å². The maximum Gasteiger partial charge on any atom is 0.323 e. The summed E-state index contributed by atoms with van der Waals surface area (Å²) in [6, 6.07) is 14.7. The first-order chi connectivity index (χ1) is 12.7. The normalized spacial score (nSPS) is 12.2. The lowest BCUT2D eigenvalue weighted by Gasteiger charge is -2.20. The summed E-state index contributed by atoms with van der Waals surface area (Å²) in [6.45, 7) is 0.568. The van der Waals surface area contributed by atoms with Crippen LogP contribution in [0.1, 0.15) is 22.0 Å². The van der Waals surface area contributed by atoms with Crippen molar-refractivity contribution in [3.05, 3.63) is 88.9 Å². The monoisotopic (exact) mass is 347 g/mol. The largest absolute Gasteiger partial charge is 0.343 e. The molecular weight excluding hydrogens is 330 g/mol. The van der Waals surface area contributed by atoms with E-state index in [0.29, 0.717) is 23.1 Å². The van der Waals surface area contributed by atoms with E-state index in [1.54, 1.807) is 30.7 Å². The summed E-state index contributed by atoms with van der Waals surface area (Å²) in [5.74, 6) is -0.206. The van der Waals surface area contributed by atoms with Gasteiger partial charge < -0.3 is 19.9 Å². The summed E-state index contributed by atoms with van der Waals surface area (Å²) in [7, 11) is 0. The molecule has 1 amide bonds. The van der Waals surface area contributed by atoms with Gasteiger partial charge in [-0.2, -0.15) is 0 Å². The molecule has 2 aromatic heterocycles. The minimum Gasteiger partial charge on any atom is -0.343 e. The summed E-state index contributed by atoms with van der Waals surface area (Å²) >= 11 is 0. The molecule has 2 aromatic carbocycles. The van der Waals surface area contributed by atoms with Crippen LogP contribution in [0.4, 0.5) is 0 Å². The Balaban J connectivity index is 1.61. The fourth-order valence-corrected chi connectivity index (χ4v) is 2.94. The summed E-state index contributed by atoms with van der Waals surface area (Å²) in [5.41, 5.74) is 2.47. The number of nitrogens with zero attached hydrogens (tertiary/aromatic N) is 2. The van der Waals surface area contributed by atoms with Gasteiger partial charge in [0.25, 0.3) is 5.91 Å². The number of aromatic amines is 2. The molecule has 7 nitrogen and oxygen atoms in total. The zero-order valence-electron chi connectivity index (χ0n) is 13.8. The van der Waals surface area contributed by atoms with Gasteiger partial charge in [0.05, 0.1) is 23.4 Å². The molecule has 0 saturated heterocycles. The van der Waals surface area contributed by atoms with Crippen molar-refractivity contribution in [2.75, 3.05) is 0 Å². The fourth-order valence-electron chi connectivity index (χ4n) is 2.94. The predicted molar refractivity (Wildman–Crippen MR) is 97.8 cm³/mol. The Bertz CT molecular complexity index is 1080. The number of carbonyl (C=O) groups excluding carboxylic acids is 1. The van der Waals surface area contributed by atoms with Gasteiger partial charge >= 0.3 is 5.69 Å². The van der Waals surface area contributed by atoms with Gasteiger partial charge in [-0.15, -0.1) is 0 Å². The Labute approximate surface area is 148 Å². The van der Waals surface area contributed by atoms with Crippen LogP contribution < -0.4 is 11.0 Å². The van der Waals surface area contributed by atoms with Crippen molar-refractivity contribution in [1.29, 1.82) is 0 Å². The first kappa shape index (κ1) is 15.9. The van der Waals surface area contributed by atoms with E-state index in [1.165, 1.54) is 0 Å². The van der Waals surface area contributed by atoms with Crippen molar-refractivity contribution < 1.29 is 4.79 Å². The predicted octanol–water partition coefficient (Wildman–Crippen LogP) is 2.22. The molecule has 26 heavy (non-hydrogen) atoms. The van der Waals surface area contributed by atoms with Crippen LogP contribution in [-0.2, 0) is 6.54 Å². The van der Waals surface area contributed by atoms with Crippen LogP contribution in [-0.4, -0.2) is 25.4 Å². The Hall–Kier alpha value is -3.61. The van der Waals surface area contributed by atoms with E-state index in [4.69, 9.17) is 0 Å². The molecule has 3 N–H and O–H groups in total. The van der Waals surface area contributed by atoms with E-state index >= 15 is 0 Å². The van der Waals surface area contributed by atoms with Crippen LogP contribution in [0, 0.1) is 0 Å². The van der Waals surface area contributed by atoms with Crippen LogP contribution in [0.3, 0.4) is 0 Å². The third-order valence-corrected chi connectivity index (χ3v) is 4.24. The zero-order valence-corrected chi connectivity index (χ0v) is 13.8. The second kappa shape index (κ2) is 6.72. The second-order valence-corrected chi connectivity index (χ2v) is 6.04. The van der Waals surface area contributed by atoms with Gasteiger partial charge in [-0.1, -0.05) is 30.3 Å². The fraction of sp³-hybridized carbons (Fsp3) is 0.105. The molecule has 0 aliphatic heterocycles. The van der Waals surface area contributed by atoms with E-state index in [1.807, 2.05) is 41.1 Å². The molecular formula is C19H17N5O2. The first-order valence-electron chi connectivity index (χ1n) is 8.22. The summed E-state index contributed by atoms with van der Waals surface area (Å²) < 4.78 is 1.92. The topological polar surface area (TPSA) is 95.6 Å². The molecule has 2 heterocycles. The Morgan fingerprint density at radius 3 is 2.69 bits per heavy atom. The summed E-state index contributed by atoms with van der Waals surface area (Å²) in [6.07, 6.45) is 5.29. The standard InChI is InChI=1S/C19H17N5O2/c25-18(14-6-7-15-16(10-14)23-19(26)22-15)21-17(11-24-9-8-20-12-24)13-4-2-1-3-5-13/h1-10,12,17H,11H2,(H,21,25)(H2,22,23,26)/t17-/m0/s1. The van der Waals surface area contributed by atoms with Gasteiger partial charge in [-0.3, -0.25) is 4.79 Å². The number of imidazole rings is 2. The minimum atomic E-state index is -0.292. The number of benzene rings is 2. The number of aromatic nitrogens is 4. The van der Waals surface area contributed by atoms with E-state index in [2.05, 4.69) is 20.3 Å². The van der Waals surface area contributed by atoms with E-state index < -0.39 is 0 Å². The third kappa shape index (κ3) is 3.27. The number of hydrogen-bond acceptors (Lipinski definition) is 3. The highest BCUT2D eigenvalue weighted by Crippen LogP contribution is 2.17. The van der Waals surface area contributed by atoms with Gasteiger partial charge in [0.2, 0.25) is 0 Å². The Morgan fingerprint density at radius 1 is 1.12 bits per heavy atom. The Kier molecular flexibility index (Phi) is 4.10. The molecule has 0 radical (unpaired) electrons.